The predicted octanol–water partition coefficient (Wildman–Crippen LogP) is 3.69. The van der Waals surface area contributed by atoms with Crippen molar-refractivity contribution < 1.29 is 4.74 Å². The van der Waals surface area contributed by atoms with Crippen molar-refractivity contribution in [1.82, 2.24) is 0 Å². The van der Waals surface area contributed by atoms with Gasteiger partial charge in [0.2, 0.25) is 0 Å². The Morgan fingerprint density at radius 1 is 1.25 bits per heavy atom. The van der Waals surface area contributed by atoms with Gasteiger partial charge in [0, 0.05) is 10.6 Å². The zero-order chi connectivity index (χ0) is 14.2. The van der Waals surface area contributed by atoms with Crippen LogP contribution in [0, 0.1) is 0 Å². The smallest absolute Gasteiger partial charge is 0.122 e. The molecule has 2 aromatic rings. The Bertz CT molecular complexity index is 641. The van der Waals surface area contributed by atoms with Crippen LogP contribution in [-0.2, 0) is 18.4 Å². The van der Waals surface area contributed by atoms with Gasteiger partial charge in [0.05, 0.1) is 7.11 Å². The van der Waals surface area contributed by atoms with Gasteiger partial charge in [0.15, 0.2) is 0 Å². The third-order valence-corrected chi connectivity index (χ3v) is 4.38. The minimum Gasteiger partial charge on any atom is -0.496 e. The fourth-order valence-corrected chi connectivity index (χ4v) is 3.32. The summed E-state index contributed by atoms with van der Waals surface area (Å²) < 4.78 is 5.43. The summed E-state index contributed by atoms with van der Waals surface area (Å²) in [5.41, 5.74) is 10.0. The van der Waals surface area contributed by atoms with Crippen LogP contribution in [0.1, 0.15) is 23.1 Å². The van der Waals surface area contributed by atoms with E-state index in [-0.39, 0.29) is 5.54 Å². The van der Waals surface area contributed by atoms with Crippen LogP contribution in [0.5, 0.6) is 5.75 Å². The van der Waals surface area contributed by atoms with Crippen molar-refractivity contribution in [3.63, 3.8) is 0 Å². The van der Waals surface area contributed by atoms with E-state index in [1.165, 1.54) is 11.1 Å². The Labute approximate surface area is 124 Å². The summed E-state index contributed by atoms with van der Waals surface area (Å²) in [6, 6.07) is 14.1. The Hall–Kier alpha value is -1.51. The maximum atomic E-state index is 6.68. The summed E-state index contributed by atoms with van der Waals surface area (Å²) >= 11 is 6.11. The van der Waals surface area contributed by atoms with E-state index in [0.717, 1.165) is 35.6 Å². The molecular weight excluding hydrogens is 270 g/mol. The van der Waals surface area contributed by atoms with Gasteiger partial charge in [-0.3, -0.25) is 0 Å². The highest BCUT2D eigenvalue weighted by Crippen LogP contribution is 2.39. The highest BCUT2D eigenvalue weighted by Gasteiger charge is 2.35. The molecule has 3 rings (SSSR count). The zero-order valence-electron chi connectivity index (χ0n) is 11.5. The molecule has 1 unspecified atom stereocenters. The molecule has 2 aromatic carbocycles. The van der Waals surface area contributed by atoms with Crippen molar-refractivity contribution in [1.29, 1.82) is 0 Å². The number of benzene rings is 2. The lowest BCUT2D eigenvalue weighted by atomic mass is 9.86. The van der Waals surface area contributed by atoms with Crippen molar-refractivity contribution in [2.45, 2.75) is 24.8 Å². The van der Waals surface area contributed by atoms with Gasteiger partial charge in [-0.05, 0) is 54.2 Å². The van der Waals surface area contributed by atoms with Crippen molar-refractivity contribution in [2.24, 2.45) is 5.73 Å². The third-order valence-electron chi connectivity index (χ3n) is 4.14. The molecule has 0 aromatic heterocycles. The molecule has 20 heavy (non-hydrogen) atoms. The maximum Gasteiger partial charge on any atom is 0.122 e. The normalized spacial score (nSPS) is 20.8. The summed E-state index contributed by atoms with van der Waals surface area (Å²) in [5.74, 6) is 0.851. The van der Waals surface area contributed by atoms with Crippen LogP contribution in [0.4, 0.5) is 0 Å². The lowest BCUT2D eigenvalue weighted by Gasteiger charge is -2.26. The van der Waals surface area contributed by atoms with E-state index in [1.807, 2.05) is 18.2 Å². The summed E-state index contributed by atoms with van der Waals surface area (Å²) in [7, 11) is 1.68. The fourth-order valence-electron chi connectivity index (χ4n) is 3.13. The van der Waals surface area contributed by atoms with Crippen LogP contribution in [0.3, 0.4) is 0 Å². The number of methoxy groups -OCH3 is 1. The number of nitrogens with two attached hydrogens (primary N) is 1. The van der Waals surface area contributed by atoms with Crippen molar-refractivity contribution in [2.75, 3.05) is 7.11 Å². The number of fused-ring (bicyclic) bond motifs is 1. The number of ether oxygens (including phenoxy) is 1. The molecule has 2 nitrogen and oxygen atoms in total. The van der Waals surface area contributed by atoms with Crippen LogP contribution < -0.4 is 10.5 Å². The molecule has 0 amide bonds. The summed E-state index contributed by atoms with van der Waals surface area (Å²) in [4.78, 5) is 0. The molecule has 0 saturated carbocycles. The summed E-state index contributed by atoms with van der Waals surface area (Å²) in [6.07, 6.45) is 2.74. The van der Waals surface area contributed by atoms with Crippen molar-refractivity contribution >= 4 is 11.6 Å². The minimum absolute atomic E-state index is 0.325. The van der Waals surface area contributed by atoms with Gasteiger partial charge in [-0.2, -0.15) is 0 Å². The highest BCUT2D eigenvalue weighted by molar-refractivity contribution is 6.30. The van der Waals surface area contributed by atoms with Crippen molar-refractivity contribution in [3.05, 3.63) is 64.2 Å². The van der Waals surface area contributed by atoms with Gasteiger partial charge < -0.3 is 10.5 Å². The SMILES string of the molecule is COc1ccc(Cl)cc1CC1(N)CCc2ccccc21. The van der Waals surface area contributed by atoms with Crippen LogP contribution in [0.25, 0.3) is 0 Å². The first kappa shape index (κ1) is 13.5. The molecule has 1 aliphatic rings. The second-order valence-corrected chi connectivity index (χ2v) is 5.88. The summed E-state index contributed by atoms with van der Waals surface area (Å²) in [6.45, 7) is 0. The number of hydrogen-bond donors (Lipinski definition) is 1. The lowest BCUT2D eigenvalue weighted by Crippen LogP contribution is -2.36. The molecule has 0 bridgehead atoms. The quantitative estimate of drug-likeness (QED) is 0.934. The number of aryl methyl sites for hydroxylation is 1. The van der Waals surface area contributed by atoms with Gasteiger partial charge in [0.25, 0.3) is 0 Å². The fraction of sp³-hybridized carbons (Fsp3) is 0.294. The van der Waals surface area contributed by atoms with E-state index < -0.39 is 0 Å². The molecule has 0 aliphatic heterocycles. The van der Waals surface area contributed by atoms with Gasteiger partial charge in [-0.25, -0.2) is 0 Å². The third kappa shape index (κ3) is 2.30. The monoisotopic (exact) mass is 287 g/mol. The Morgan fingerprint density at radius 3 is 2.85 bits per heavy atom. The van der Waals surface area contributed by atoms with E-state index in [0.29, 0.717) is 0 Å². The largest absolute Gasteiger partial charge is 0.496 e. The van der Waals surface area contributed by atoms with E-state index in [9.17, 15) is 0 Å². The van der Waals surface area contributed by atoms with E-state index >= 15 is 0 Å². The number of rotatable bonds is 3. The first-order chi connectivity index (χ1) is 9.62. The van der Waals surface area contributed by atoms with Crippen LogP contribution >= 0.6 is 11.6 Å². The van der Waals surface area contributed by atoms with Crippen LogP contribution in [0.2, 0.25) is 5.02 Å². The maximum absolute atomic E-state index is 6.68. The first-order valence-corrected chi connectivity index (χ1v) is 7.20. The van der Waals surface area contributed by atoms with Gasteiger partial charge in [0.1, 0.15) is 5.75 Å². The van der Waals surface area contributed by atoms with E-state index in [1.54, 1.807) is 7.11 Å². The minimum atomic E-state index is -0.325. The summed E-state index contributed by atoms with van der Waals surface area (Å²) in [5, 5.41) is 0.718. The lowest BCUT2D eigenvalue weighted by molar-refractivity contribution is 0.391. The predicted molar refractivity (Wildman–Crippen MR) is 82.3 cm³/mol. The molecular formula is C17H18ClNO. The second-order valence-electron chi connectivity index (χ2n) is 5.45. The number of hydrogen-bond acceptors (Lipinski definition) is 2. The average molecular weight is 288 g/mol. The van der Waals surface area contributed by atoms with Crippen molar-refractivity contribution in [3.8, 4) is 5.75 Å². The molecule has 104 valence electrons. The van der Waals surface area contributed by atoms with Gasteiger partial charge in [-0.1, -0.05) is 35.9 Å². The Balaban J connectivity index is 1.98. The average Bonchev–Trinajstić information content (AvgIpc) is 2.77. The molecule has 3 heteroatoms. The highest BCUT2D eigenvalue weighted by atomic mass is 35.5. The number of halogens is 1. The molecule has 0 heterocycles. The Morgan fingerprint density at radius 2 is 2.05 bits per heavy atom. The molecule has 1 aliphatic carbocycles. The van der Waals surface area contributed by atoms with Gasteiger partial charge in [-0.15, -0.1) is 0 Å². The second kappa shape index (κ2) is 5.12. The van der Waals surface area contributed by atoms with Crippen LogP contribution in [-0.4, -0.2) is 7.11 Å². The molecule has 0 saturated heterocycles. The molecule has 1 atom stereocenters. The topological polar surface area (TPSA) is 35.2 Å². The standard InChI is InChI=1S/C17H18ClNO/c1-20-16-7-6-14(18)10-13(16)11-17(19)9-8-12-4-2-3-5-15(12)17/h2-7,10H,8-9,11,19H2,1H3. The zero-order valence-corrected chi connectivity index (χ0v) is 12.3. The molecule has 0 radical (unpaired) electrons. The van der Waals surface area contributed by atoms with E-state index in [4.69, 9.17) is 22.1 Å². The van der Waals surface area contributed by atoms with Crippen LogP contribution in [0.15, 0.2) is 42.5 Å². The Kier molecular flexibility index (Phi) is 3.45. The molecule has 2 N–H and O–H groups in total. The molecule has 0 fully saturated rings. The van der Waals surface area contributed by atoms with E-state index in [2.05, 4.69) is 24.3 Å². The molecule has 0 spiro atoms. The first-order valence-electron chi connectivity index (χ1n) is 6.82. The van der Waals surface area contributed by atoms with Gasteiger partial charge >= 0.3 is 0 Å².